The van der Waals surface area contributed by atoms with Crippen molar-refractivity contribution in [3.8, 4) is 11.8 Å². The lowest BCUT2D eigenvalue weighted by Gasteiger charge is -2.36. The number of hydrogen-bond acceptors (Lipinski definition) is 9. The summed E-state index contributed by atoms with van der Waals surface area (Å²) in [6.07, 6.45) is 3.56. The Balaban J connectivity index is 0.00000324. The minimum absolute atomic E-state index is 0.0234. The first-order chi connectivity index (χ1) is 21.3. The minimum Gasteiger partial charge on any atom is -0.425 e. The fraction of sp³-hybridized carbons (Fsp3) is 0.742. The molecule has 1 aromatic rings. The summed E-state index contributed by atoms with van der Waals surface area (Å²) < 4.78 is 36.1. The van der Waals surface area contributed by atoms with Crippen LogP contribution in [0, 0.1) is 23.7 Å². The van der Waals surface area contributed by atoms with Gasteiger partial charge in [-0.15, -0.1) is 5.92 Å². The second-order valence-corrected chi connectivity index (χ2v) is 12.9. The molecule has 0 radical (unpaired) electrons. The van der Waals surface area contributed by atoms with E-state index in [1.54, 1.807) is 19.5 Å². The molecule has 244 valence electrons. The Morgan fingerprint density at radius 2 is 1.91 bits per heavy atom. The quantitative estimate of drug-likeness (QED) is 0.116. The standard InChI is InChI=1S/C30H51N6O4P.CH4O/c1-12-14-26-18-35(30(37)33-29(26)32-19-34(16-21(3)4)17-22(5)6)28-15-27(25(11)39-28)40-41(38-20-31-13-2)36(23(7)8)24(9)10;1-2/h18-25,27-28H,13,15-17H2,1-11H3;2H,1H3/t25?,27-,28?,41?;/m1./s1/i11D;2T. The summed E-state index contributed by atoms with van der Waals surface area (Å²) >= 11 is 0. The molecule has 4 atom stereocenters. The molecule has 1 N–H and O–H groups in total. The molecular formula is C31H55N6O5P. The molecule has 1 aromatic heterocycles. The maximum atomic E-state index is 13.3. The summed E-state index contributed by atoms with van der Waals surface area (Å²) in [7, 11) is -0.232. The van der Waals surface area contributed by atoms with Gasteiger partial charge in [-0.05, 0) is 60.3 Å². The largest absolute Gasteiger partial charge is 0.425 e. The summed E-state index contributed by atoms with van der Waals surface area (Å²) in [5.41, 5.74) is 0.0435. The van der Waals surface area contributed by atoms with Crippen molar-refractivity contribution in [1.29, 1.82) is 1.43 Å². The number of aliphatic hydroxyl groups excluding tert-OH is 1. The molecule has 0 spiro atoms. The molecule has 3 unspecified atom stereocenters. The number of rotatable bonds is 15. The third-order valence-corrected chi connectivity index (χ3v) is 8.12. The van der Waals surface area contributed by atoms with Crippen LogP contribution in [-0.4, -0.2) is 89.4 Å². The van der Waals surface area contributed by atoms with Gasteiger partial charge in [0.05, 0.1) is 24.1 Å². The number of nitrogens with zero attached hydrogens (tertiary/aromatic N) is 6. The predicted octanol–water partition coefficient (Wildman–Crippen LogP) is 5.60. The first kappa shape index (κ1) is 35.1. The van der Waals surface area contributed by atoms with Crippen LogP contribution in [0.25, 0.3) is 0 Å². The fourth-order valence-corrected chi connectivity index (χ4v) is 6.21. The van der Waals surface area contributed by atoms with E-state index in [0.29, 0.717) is 30.4 Å². The van der Waals surface area contributed by atoms with E-state index >= 15 is 0 Å². The van der Waals surface area contributed by atoms with Crippen molar-refractivity contribution >= 4 is 27.1 Å². The highest BCUT2D eigenvalue weighted by Crippen LogP contribution is 2.49. The molecule has 1 aliphatic rings. The van der Waals surface area contributed by atoms with E-state index in [4.69, 9.17) is 16.6 Å². The lowest BCUT2D eigenvalue weighted by Crippen LogP contribution is -2.35. The lowest BCUT2D eigenvalue weighted by atomic mass is 10.1. The number of ether oxygens (including phenoxy) is 1. The molecule has 2 rings (SSSR count). The molecule has 1 saturated heterocycles. The van der Waals surface area contributed by atoms with Crippen molar-refractivity contribution in [2.45, 2.75) is 113 Å². The second-order valence-electron chi connectivity index (χ2n) is 11.6. The molecule has 0 bridgehead atoms. The Morgan fingerprint density at radius 1 is 1.28 bits per heavy atom. The van der Waals surface area contributed by atoms with E-state index in [1.807, 2.05) is 6.92 Å². The number of aliphatic imine (C=N–C) groups is 2. The molecule has 11 nitrogen and oxygen atoms in total. The van der Waals surface area contributed by atoms with Crippen molar-refractivity contribution in [2.24, 2.45) is 21.8 Å². The van der Waals surface area contributed by atoms with Gasteiger partial charge in [0.2, 0.25) is 1.43 Å². The van der Waals surface area contributed by atoms with Crippen molar-refractivity contribution < 1.29 is 20.3 Å². The Hall–Kier alpha value is -2.35. The predicted molar refractivity (Wildman–Crippen MR) is 177 cm³/mol. The molecular weight excluding hydrogens is 567 g/mol. The second kappa shape index (κ2) is 19.8. The van der Waals surface area contributed by atoms with Crippen LogP contribution < -0.4 is 5.69 Å². The van der Waals surface area contributed by atoms with Gasteiger partial charge in [-0.1, -0.05) is 33.6 Å². The Morgan fingerprint density at radius 3 is 2.42 bits per heavy atom. The number of aromatic nitrogens is 2. The van der Waals surface area contributed by atoms with Gasteiger partial charge in [0.1, 0.15) is 6.23 Å². The normalized spacial score (nSPS) is 20.0. The molecule has 43 heavy (non-hydrogen) atoms. The lowest BCUT2D eigenvalue weighted by molar-refractivity contribution is -0.00769. The Kier molecular flexibility index (Phi) is 16.2. The van der Waals surface area contributed by atoms with Gasteiger partial charge in [0.15, 0.2) is 12.2 Å². The third kappa shape index (κ3) is 12.7. The topological polar surface area (TPSA) is 114 Å². The van der Waals surface area contributed by atoms with Crippen LogP contribution in [0.15, 0.2) is 21.0 Å². The van der Waals surface area contributed by atoms with Crippen LogP contribution in [0.3, 0.4) is 0 Å². The molecule has 0 aliphatic carbocycles. The molecule has 0 aromatic carbocycles. The highest BCUT2D eigenvalue weighted by atomic mass is 31.2. The van der Waals surface area contributed by atoms with Crippen LogP contribution in [0.2, 0.25) is 0 Å². The number of aliphatic hydroxyl groups is 1. The van der Waals surface area contributed by atoms with Crippen molar-refractivity contribution in [1.82, 2.24) is 19.1 Å². The molecule has 0 amide bonds. The van der Waals surface area contributed by atoms with Gasteiger partial charge in [0, 0.05) is 52.8 Å². The van der Waals surface area contributed by atoms with Crippen LogP contribution in [0.1, 0.15) is 95.7 Å². The van der Waals surface area contributed by atoms with Crippen molar-refractivity contribution in [3.05, 3.63) is 22.2 Å². The van der Waals surface area contributed by atoms with Gasteiger partial charge in [-0.25, -0.2) is 14.5 Å². The SMILES string of the molecule is [2H]CC1OC(n2cc(C#CC)c(N=CN(CC(C)C)CC(C)C)nc2=O)C[C@H]1OP(OC=NCC)N(C(C)C)C(C)C.[3H]OC. The first-order valence-corrected chi connectivity index (χ1v) is 16.1. The molecule has 0 saturated carbocycles. The minimum atomic E-state index is -1.52. The Bertz CT molecular complexity index is 1150. The maximum absolute atomic E-state index is 13.3. The van der Waals surface area contributed by atoms with E-state index in [9.17, 15) is 4.79 Å². The van der Waals surface area contributed by atoms with Crippen LogP contribution in [0.5, 0.6) is 0 Å². The third-order valence-electron chi connectivity index (χ3n) is 6.09. The van der Waals surface area contributed by atoms with Crippen LogP contribution in [0.4, 0.5) is 5.82 Å². The van der Waals surface area contributed by atoms with Gasteiger partial charge in [-0.2, -0.15) is 4.98 Å². The zero-order chi connectivity index (χ0) is 34.1. The summed E-state index contributed by atoms with van der Waals surface area (Å²) in [5, 5.41) is 3.50. The van der Waals surface area contributed by atoms with E-state index in [-0.39, 0.29) is 24.8 Å². The van der Waals surface area contributed by atoms with Crippen molar-refractivity contribution in [2.75, 3.05) is 26.7 Å². The smallest absolute Gasteiger partial charge is 0.351 e. The average molecular weight is 626 g/mol. The fourth-order valence-electron chi connectivity index (χ4n) is 4.59. The van der Waals surface area contributed by atoms with Gasteiger partial charge < -0.3 is 23.8 Å². The molecule has 2 heterocycles. The zero-order valence-electron chi connectivity index (χ0n) is 30.0. The van der Waals surface area contributed by atoms with Crippen LogP contribution >= 0.6 is 8.53 Å². The van der Waals surface area contributed by atoms with E-state index in [1.165, 1.54) is 18.1 Å². The highest BCUT2D eigenvalue weighted by Gasteiger charge is 2.40. The summed E-state index contributed by atoms with van der Waals surface area (Å²) in [6.45, 7) is 22.9. The van der Waals surface area contributed by atoms with Crippen molar-refractivity contribution in [3.63, 3.8) is 0 Å². The summed E-state index contributed by atoms with van der Waals surface area (Å²) in [6, 6.07) is 0.316. The van der Waals surface area contributed by atoms with E-state index < -0.39 is 32.7 Å². The first-order valence-electron chi connectivity index (χ1n) is 16.1. The Labute approximate surface area is 263 Å². The van der Waals surface area contributed by atoms with Gasteiger partial charge in [-0.3, -0.25) is 9.56 Å². The number of hydrogen-bond donors (Lipinski definition) is 1. The maximum Gasteiger partial charge on any atom is 0.351 e. The summed E-state index contributed by atoms with van der Waals surface area (Å²) in [4.78, 5) is 28.5. The molecule has 1 aliphatic heterocycles. The average Bonchev–Trinajstić information content (AvgIpc) is 3.34. The van der Waals surface area contributed by atoms with Crippen LogP contribution in [-0.2, 0) is 13.8 Å². The van der Waals surface area contributed by atoms with E-state index in [2.05, 4.69) is 96.9 Å². The molecule has 1 fully saturated rings. The van der Waals surface area contributed by atoms with Gasteiger partial charge >= 0.3 is 14.2 Å². The highest BCUT2D eigenvalue weighted by molar-refractivity contribution is 7.45. The molecule has 12 heteroatoms. The monoisotopic (exact) mass is 625 g/mol. The van der Waals surface area contributed by atoms with E-state index in [0.717, 1.165) is 13.1 Å². The zero-order valence-corrected chi connectivity index (χ0v) is 28.9. The van der Waals surface area contributed by atoms with Gasteiger partial charge in [0.25, 0.3) is 0 Å². The summed E-state index contributed by atoms with van der Waals surface area (Å²) in [5.74, 6) is 7.15.